The standard InChI is InChI=1S/C64H48F3N5/c1-37-11-7-15-43(27-37)47-19-23-52-53-24-20-48(44-16-8-12-38(2)28-44)32-57(53)71(56(52)31-47)60-35-51(63-69-41(5)68-42(6)70-63)36-61(62(60)64(65,66)67)72-58-33-49(45-17-9-13-39(3)29-45)21-25-54(58)55-26-22-50(34-59(55)72)46-18-10-14-40(4)30-46/h7-36H,1-6H3. The van der Waals surface area contributed by atoms with Crippen LogP contribution in [0.15, 0.2) is 182 Å². The Morgan fingerprint density at radius 2 is 0.611 bits per heavy atom. The fourth-order valence-corrected chi connectivity index (χ4v) is 10.7. The van der Waals surface area contributed by atoms with Crippen molar-refractivity contribution in [3.63, 3.8) is 0 Å². The van der Waals surface area contributed by atoms with Crippen molar-refractivity contribution in [1.82, 2.24) is 24.1 Å². The van der Waals surface area contributed by atoms with Gasteiger partial charge < -0.3 is 9.13 Å². The molecule has 0 saturated carbocycles. The van der Waals surface area contributed by atoms with E-state index in [1.807, 2.05) is 158 Å². The fraction of sp³-hybridized carbons (Fsp3) is 0.109. The quantitative estimate of drug-likeness (QED) is 0.160. The second-order valence-electron chi connectivity index (χ2n) is 19.2. The predicted molar refractivity (Wildman–Crippen MR) is 289 cm³/mol. The molecule has 350 valence electrons. The molecule has 0 N–H and O–H groups in total. The summed E-state index contributed by atoms with van der Waals surface area (Å²) in [6.45, 7) is 11.7. The van der Waals surface area contributed by atoms with Gasteiger partial charge in [-0.15, -0.1) is 0 Å². The second-order valence-corrected chi connectivity index (χ2v) is 19.2. The van der Waals surface area contributed by atoms with E-state index in [-0.39, 0.29) is 17.2 Å². The van der Waals surface area contributed by atoms with Crippen molar-refractivity contribution in [3.8, 4) is 67.3 Å². The Morgan fingerprint density at radius 3 is 0.889 bits per heavy atom. The smallest absolute Gasteiger partial charge is 0.308 e. The molecule has 0 aliphatic rings. The van der Waals surface area contributed by atoms with Gasteiger partial charge in [-0.25, -0.2) is 15.0 Å². The van der Waals surface area contributed by atoms with E-state index in [1.165, 1.54) is 0 Å². The Morgan fingerprint density at radius 1 is 0.319 bits per heavy atom. The first kappa shape index (κ1) is 44.6. The van der Waals surface area contributed by atoms with E-state index in [0.29, 0.717) is 39.3 Å². The topological polar surface area (TPSA) is 48.5 Å². The van der Waals surface area contributed by atoms with Crippen molar-refractivity contribution in [2.24, 2.45) is 0 Å². The molecule has 0 amide bonds. The van der Waals surface area contributed by atoms with Gasteiger partial charge in [0.05, 0.1) is 33.4 Å². The van der Waals surface area contributed by atoms with Crippen molar-refractivity contribution in [1.29, 1.82) is 0 Å². The van der Waals surface area contributed by atoms with Crippen molar-refractivity contribution in [2.45, 2.75) is 47.7 Å². The third-order valence-corrected chi connectivity index (χ3v) is 13.9. The lowest BCUT2D eigenvalue weighted by molar-refractivity contribution is -0.137. The summed E-state index contributed by atoms with van der Waals surface area (Å²) < 4.78 is 55.4. The van der Waals surface area contributed by atoms with Crippen LogP contribution in [-0.4, -0.2) is 24.1 Å². The van der Waals surface area contributed by atoms with E-state index < -0.39 is 11.7 Å². The van der Waals surface area contributed by atoms with Crippen LogP contribution in [0.1, 0.15) is 39.5 Å². The van der Waals surface area contributed by atoms with Crippen molar-refractivity contribution < 1.29 is 13.2 Å². The molecule has 3 heterocycles. The fourth-order valence-electron chi connectivity index (χ4n) is 10.7. The van der Waals surface area contributed by atoms with Crippen LogP contribution in [0.2, 0.25) is 0 Å². The highest BCUT2D eigenvalue weighted by molar-refractivity contribution is 6.13. The number of hydrogen-bond donors (Lipinski definition) is 0. The predicted octanol–water partition coefficient (Wildman–Crippen LogP) is 17.3. The third-order valence-electron chi connectivity index (χ3n) is 13.9. The van der Waals surface area contributed by atoms with Gasteiger partial charge >= 0.3 is 6.18 Å². The summed E-state index contributed by atoms with van der Waals surface area (Å²) in [6.07, 6.45) is -4.88. The molecule has 0 spiro atoms. The Hall–Kier alpha value is -8.62. The maximum Gasteiger partial charge on any atom is 0.420 e. The van der Waals surface area contributed by atoms with E-state index >= 15 is 13.2 Å². The first-order chi connectivity index (χ1) is 34.7. The highest BCUT2D eigenvalue weighted by atomic mass is 19.4. The molecule has 0 atom stereocenters. The van der Waals surface area contributed by atoms with Crippen LogP contribution >= 0.6 is 0 Å². The molecule has 0 aliphatic heterocycles. The maximum absolute atomic E-state index is 17.2. The molecule has 0 bridgehead atoms. The summed E-state index contributed by atoms with van der Waals surface area (Å²) in [4.78, 5) is 14.1. The Kier molecular flexibility index (Phi) is 10.6. The molecule has 0 aliphatic carbocycles. The third kappa shape index (κ3) is 7.80. The van der Waals surface area contributed by atoms with Gasteiger partial charge in [-0.05, 0) is 122 Å². The lowest BCUT2D eigenvalue weighted by atomic mass is 10.0. The Bertz CT molecular complexity index is 3710. The molecule has 12 aromatic rings. The minimum Gasteiger partial charge on any atom is -0.308 e. The zero-order chi connectivity index (χ0) is 49.6. The molecule has 12 rings (SSSR count). The van der Waals surface area contributed by atoms with Crippen LogP contribution in [-0.2, 0) is 6.18 Å². The minimum absolute atomic E-state index is 0.0480. The summed E-state index contributed by atoms with van der Waals surface area (Å²) in [5.74, 6) is 1.20. The number of halogens is 3. The number of alkyl halides is 3. The number of aromatic nitrogens is 5. The normalized spacial score (nSPS) is 12.0. The zero-order valence-electron chi connectivity index (χ0n) is 40.7. The first-order valence-corrected chi connectivity index (χ1v) is 24.1. The van der Waals surface area contributed by atoms with Gasteiger partial charge in [0.15, 0.2) is 5.82 Å². The molecule has 0 saturated heterocycles. The molecular weight excluding hydrogens is 896 g/mol. The number of rotatable bonds is 7. The van der Waals surface area contributed by atoms with Crippen LogP contribution in [0.5, 0.6) is 0 Å². The Balaban J connectivity index is 1.27. The number of fused-ring (bicyclic) bond motifs is 6. The van der Waals surface area contributed by atoms with Gasteiger partial charge in [0.2, 0.25) is 0 Å². The largest absolute Gasteiger partial charge is 0.420 e. The summed E-state index contributed by atoms with van der Waals surface area (Å²) in [7, 11) is 0. The number of nitrogens with zero attached hydrogens (tertiary/aromatic N) is 5. The summed E-state index contributed by atoms with van der Waals surface area (Å²) >= 11 is 0. The molecule has 0 radical (unpaired) electrons. The van der Waals surface area contributed by atoms with Crippen LogP contribution in [0.3, 0.4) is 0 Å². The number of hydrogen-bond acceptors (Lipinski definition) is 3. The van der Waals surface area contributed by atoms with Gasteiger partial charge in [-0.1, -0.05) is 168 Å². The van der Waals surface area contributed by atoms with E-state index in [9.17, 15) is 0 Å². The van der Waals surface area contributed by atoms with Crippen LogP contribution in [0.4, 0.5) is 13.2 Å². The molecule has 0 unspecified atom stereocenters. The van der Waals surface area contributed by atoms with Gasteiger partial charge in [0, 0.05) is 27.1 Å². The molecule has 9 aromatic carbocycles. The van der Waals surface area contributed by atoms with E-state index in [0.717, 1.165) is 88.3 Å². The molecule has 3 aromatic heterocycles. The highest BCUT2D eigenvalue weighted by Crippen LogP contribution is 2.47. The monoisotopic (exact) mass is 943 g/mol. The van der Waals surface area contributed by atoms with Crippen molar-refractivity contribution in [2.75, 3.05) is 0 Å². The van der Waals surface area contributed by atoms with Crippen LogP contribution < -0.4 is 0 Å². The number of benzene rings is 9. The number of aryl methyl sites for hydroxylation is 6. The van der Waals surface area contributed by atoms with Gasteiger partial charge in [0.1, 0.15) is 17.2 Å². The van der Waals surface area contributed by atoms with Crippen LogP contribution in [0.25, 0.3) is 111 Å². The zero-order valence-corrected chi connectivity index (χ0v) is 40.7. The molecule has 8 heteroatoms. The Labute approximate surface area is 415 Å². The first-order valence-electron chi connectivity index (χ1n) is 24.1. The minimum atomic E-state index is -4.88. The van der Waals surface area contributed by atoms with E-state index in [4.69, 9.17) is 9.97 Å². The summed E-state index contributed by atoms with van der Waals surface area (Å²) in [5, 5.41) is 3.30. The van der Waals surface area contributed by atoms with E-state index in [2.05, 4.69) is 53.5 Å². The summed E-state index contributed by atoms with van der Waals surface area (Å²) in [6, 6.07) is 60.6. The second kappa shape index (κ2) is 17.1. The average Bonchev–Trinajstić information content (AvgIpc) is 3.86. The van der Waals surface area contributed by atoms with E-state index in [1.54, 1.807) is 26.0 Å². The maximum atomic E-state index is 17.2. The molecule has 0 fully saturated rings. The molecule has 5 nitrogen and oxygen atoms in total. The lowest BCUT2D eigenvalue weighted by Crippen LogP contribution is -2.16. The van der Waals surface area contributed by atoms with Crippen molar-refractivity contribution in [3.05, 3.63) is 221 Å². The van der Waals surface area contributed by atoms with Gasteiger partial charge in [0.25, 0.3) is 0 Å². The average molecular weight is 944 g/mol. The SMILES string of the molecule is Cc1cccc(-c2ccc3c4ccc(-c5cccc(C)c5)cc4n(-c4cc(-c5nc(C)nc(C)n5)cc(-n5c6cc(-c7cccc(C)c7)ccc6c6ccc(-c7cccc(C)c7)cc65)c4C(F)(F)F)c3c2)c1. The molecular formula is C64H48F3N5. The summed E-state index contributed by atoms with van der Waals surface area (Å²) in [5.41, 5.74) is 13.8. The lowest BCUT2D eigenvalue weighted by Gasteiger charge is -2.23. The molecule has 72 heavy (non-hydrogen) atoms. The highest BCUT2D eigenvalue weighted by Gasteiger charge is 2.40. The van der Waals surface area contributed by atoms with Crippen molar-refractivity contribution >= 4 is 43.6 Å². The van der Waals surface area contributed by atoms with Gasteiger partial charge in [-0.3, -0.25) is 0 Å². The van der Waals surface area contributed by atoms with Crippen LogP contribution in [0, 0.1) is 41.5 Å². The van der Waals surface area contributed by atoms with Gasteiger partial charge in [-0.2, -0.15) is 13.2 Å².